The van der Waals surface area contributed by atoms with E-state index in [0.29, 0.717) is 30.2 Å². The second-order valence-electron chi connectivity index (χ2n) is 5.11. The summed E-state index contributed by atoms with van der Waals surface area (Å²) in [5.41, 5.74) is 8.52. The minimum atomic E-state index is 0.399. The summed E-state index contributed by atoms with van der Waals surface area (Å²) in [5.74, 6) is 0.874. The number of nitrogens with zero attached hydrogens (tertiary/aromatic N) is 2. The van der Waals surface area contributed by atoms with E-state index in [0.717, 1.165) is 28.9 Å². The van der Waals surface area contributed by atoms with Gasteiger partial charge in [0.25, 0.3) is 0 Å². The minimum Gasteiger partial charge on any atom is -0.398 e. The lowest BCUT2D eigenvalue weighted by atomic mass is 10.0. The minimum absolute atomic E-state index is 0.399. The summed E-state index contributed by atoms with van der Waals surface area (Å²) >= 11 is 3.43. The molecule has 1 aliphatic heterocycles. The van der Waals surface area contributed by atoms with Crippen molar-refractivity contribution in [1.82, 2.24) is 4.98 Å². The Morgan fingerprint density at radius 3 is 2.77 bits per heavy atom. The van der Waals surface area contributed by atoms with Crippen molar-refractivity contribution in [2.75, 3.05) is 36.9 Å². The average Bonchev–Trinajstić information content (AvgIpc) is 2.57. The third-order valence-corrected chi connectivity index (χ3v) is 4.15. The highest BCUT2D eigenvalue weighted by molar-refractivity contribution is 9.10. The average molecular weight is 361 g/mol. The monoisotopic (exact) mass is 360 g/mol. The molecule has 114 valence electrons. The van der Waals surface area contributed by atoms with E-state index in [1.807, 2.05) is 24.3 Å². The lowest BCUT2D eigenvalue weighted by Gasteiger charge is -2.28. The molecule has 1 saturated heterocycles. The number of ether oxygens (including phenoxy) is 1. The summed E-state index contributed by atoms with van der Waals surface area (Å²) in [6, 6.07) is 9.32. The fourth-order valence-corrected chi connectivity index (χ4v) is 2.80. The number of halogens is 1. The topological polar surface area (TPSA) is 75.2 Å². The van der Waals surface area contributed by atoms with Crippen molar-refractivity contribution in [3.63, 3.8) is 0 Å². The summed E-state index contributed by atoms with van der Waals surface area (Å²) in [7, 11) is 0. The Morgan fingerprint density at radius 1 is 1.23 bits per heavy atom. The van der Waals surface area contributed by atoms with Gasteiger partial charge in [-0.3, -0.25) is 5.41 Å². The van der Waals surface area contributed by atoms with E-state index in [4.69, 9.17) is 15.9 Å². The molecule has 0 aliphatic carbocycles. The van der Waals surface area contributed by atoms with Gasteiger partial charge in [0.2, 0.25) is 0 Å². The predicted octanol–water partition coefficient (Wildman–Crippen LogP) is 2.68. The number of nitrogens with one attached hydrogen (secondary N) is 1. The van der Waals surface area contributed by atoms with Gasteiger partial charge >= 0.3 is 0 Å². The summed E-state index contributed by atoms with van der Waals surface area (Å²) in [6.45, 7) is 3.06. The van der Waals surface area contributed by atoms with E-state index >= 15 is 0 Å². The second-order valence-corrected chi connectivity index (χ2v) is 6.02. The number of benzene rings is 1. The molecule has 3 rings (SSSR count). The Bertz CT molecular complexity index is 698. The fraction of sp³-hybridized carbons (Fsp3) is 0.250. The van der Waals surface area contributed by atoms with E-state index in [9.17, 15) is 0 Å². The first kappa shape index (κ1) is 15.0. The fourth-order valence-electron chi connectivity index (χ4n) is 2.44. The van der Waals surface area contributed by atoms with Gasteiger partial charge in [-0.15, -0.1) is 0 Å². The molecule has 1 fully saturated rings. The van der Waals surface area contributed by atoms with Crippen LogP contribution in [0.1, 0.15) is 11.1 Å². The Kier molecular flexibility index (Phi) is 4.40. The maximum atomic E-state index is 8.45. The molecule has 1 aromatic heterocycles. The van der Waals surface area contributed by atoms with Gasteiger partial charge in [0.1, 0.15) is 5.82 Å². The zero-order valence-corrected chi connectivity index (χ0v) is 13.6. The van der Waals surface area contributed by atoms with Crippen LogP contribution >= 0.6 is 15.9 Å². The normalized spacial score (nSPS) is 14.9. The SMILES string of the molecule is N=C(c1ccnc(N2CCOCC2)c1)c1cc(Br)ccc1N. The van der Waals surface area contributed by atoms with E-state index in [1.165, 1.54) is 0 Å². The van der Waals surface area contributed by atoms with Gasteiger partial charge < -0.3 is 15.4 Å². The van der Waals surface area contributed by atoms with Gasteiger partial charge in [0.05, 0.1) is 18.9 Å². The van der Waals surface area contributed by atoms with E-state index in [1.54, 1.807) is 12.3 Å². The molecule has 0 spiro atoms. The van der Waals surface area contributed by atoms with Crippen molar-refractivity contribution < 1.29 is 4.74 Å². The second kappa shape index (κ2) is 6.46. The van der Waals surface area contributed by atoms with Crippen molar-refractivity contribution in [2.45, 2.75) is 0 Å². The molecule has 3 N–H and O–H groups in total. The molecule has 2 heterocycles. The molecule has 5 nitrogen and oxygen atoms in total. The number of aromatic nitrogens is 1. The van der Waals surface area contributed by atoms with Gasteiger partial charge in [-0.05, 0) is 30.3 Å². The van der Waals surface area contributed by atoms with Crippen LogP contribution in [0.15, 0.2) is 41.0 Å². The molecule has 0 radical (unpaired) electrons. The third-order valence-electron chi connectivity index (χ3n) is 3.65. The molecule has 0 bridgehead atoms. The first-order valence-corrected chi connectivity index (χ1v) is 7.87. The number of hydrogen-bond donors (Lipinski definition) is 2. The van der Waals surface area contributed by atoms with Crippen LogP contribution < -0.4 is 10.6 Å². The number of rotatable bonds is 3. The molecular formula is C16H17BrN4O. The van der Waals surface area contributed by atoms with Gasteiger partial charge in [-0.1, -0.05) is 15.9 Å². The zero-order chi connectivity index (χ0) is 15.5. The van der Waals surface area contributed by atoms with E-state index in [-0.39, 0.29) is 0 Å². The molecule has 0 unspecified atom stereocenters. The van der Waals surface area contributed by atoms with Crippen molar-refractivity contribution in [1.29, 1.82) is 5.41 Å². The van der Waals surface area contributed by atoms with Crippen LogP contribution in [0.4, 0.5) is 11.5 Å². The Hall–Kier alpha value is -1.92. The van der Waals surface area contributed by atoms with Crippen molar-refractivity contribution in [3.8, 4) is 0 Å². The summed E-state index contributed by atoms with van der Waals surface area (Å²) < 4.78 is 6.27. The van der Waals surface area contributed by atoms with E-state index in [2.05, 4.69) is 25.8 Å². The molecular weight excluding hydrogens is 344 g/mol. The summed E-state index contributed by atoms with van der Waals surface area (Å²) in [5, 5.41) is 8.45. The molecule has 2 aromatic rings. The standard InChI is InChI=1S/C16H17BrN4O/c17-12-1-2-14(18)13(10-12)16(19)11-3-4-20-15(9-11)21-5-7-22-8-6-21/h1-4,9-10,19H,5-8,18H2. The smallest absolute Gasteiger partial charge is 0.129 e. The highest BCUT2D eigenvalue weighted by Gasteiger charge is 2.15. The van der Waals surface area contributed by atoms with Gasteiger partial charge in [0.15, 0.2) is 0 Å². The maximum Gasteiger partial charge on any atom is 0.129 e. The van der Waals surface area contributed by atoms with Crippen LogP contribution in [0.2, 0.25) is 0 Å². The van der Waals surface area contributed by atoms with E-state index < -0.39 is 0 Å². The number of anilines is 2. The molecule has 1 aliphatic rings. The number of hydrogen-bond acceptors (Lipinski definition) is 5. The van der Waals surface area contributed by atoms with Crippen LogP contribution in [0, 0.1) is 5.41 Å². The molecule has 1 aromatic carbocycles. The molecule has 0 saturated carbocycles. The molecule has 0 atom stereocenters. The Balaban J connectivity index is 1.91. The largest absolute Gasteiger partial charge is 0.398 e. The zero-order valence-electron chi connectivity index (χ0n) is 12.1. The first-order chi connectivity index (χ1) is 10.6. The quantitative estimate of drug-likeness (QED) is 0.651. The van der Waals surface area contributed by atoms with Crippen molar-refractivity contribution in [2.24, 2.45) is 0 Å². The van der Waals surface area contributed by atoms with Crippen molar-refractivity contribution in [3.05, 3.63) is 52.1 Å². The van der Waals surface area contributed by atoms with Crippen LogP contribution in [0.5, 0.6) is 0 Å². The lowest BCUT2D eigenvalue weighted by molar-refractivity contribution is 0.122. The molecule has 6 heteroatoms. The summed E-state index contributed by atoms with van der Waals surface area (Å²) in [6.07, 6.45) is 1.74. The lowest BCUT2D eigenvalue weighted by Crippen LogP contribution is -2.36. The molecule has 22 heavy (non-hydrogen) atoms. The van der Waals surface area contributed by atoms with Crippen LogP contribution in [0.3, 0.4) is 0 Å². The van der Waals surface area contributed by atoms with Crippen molar-refractivity contribution >= 4 is 33.1 Å². The number of morpholine rings is 1. The predicted molar refractivity (Wildman–Crippen MR) is 91.8 cm³/mol. The van der Waals surface area contributed by atoms with Crippen LogP contribution in [0.25, 0.3) is 0 Å². The Morgan fingerprint density at radius 2 is 2.00 bits per heavy atom. The van der Waals surface area contributed by atoms with Crippen LogP contribution in [-0.4, -0.2) is 37.0 Å². The van der Waals surface area contributed by atoms with Gasteiger partial charge in [0, 0.05) is 40.6 Å². The molecule has 0 amide bonds. The van der Waals surface area contributed by atoms with Gasteiger partial charge in [-0.25, -0.2) is 4.98 Å². The summed E-state index contributed by atoms with van der Waals surface area (Å²) in [4.78, 5) is 6.58. The highest BCUT2D eigenvalue weighted by atomic mass is 79.9. The number of pyridine rings is 1. The number of nitrogens with two attached hydrogens (primary N) is 1. The number of nitrogen functional groups attached to an aromatic ring is 1. The van der Waals surface area contributed by atoms with Crippen LogP contribution in [-0.2, 0) is 4.74 Å². The maximum absolute atomic E-state index is 8.45. The van der Waals surface area contributed by atoms with Gasteiger partial charge in [-0.2, -0.15) is 0 Å². The Labute approximate surface area is 137 Å². The highest BCUT2D eigenvalue weighted by Crippen LogP contribution is 2.23. The first-order valence-electron chi connectivity index (χ1n) is 7.08. The third kappa shape index (κ3) is 3.13.